The van der Waals surface area contributed by atoms with Crippen LogP contribution in [0.4, 0.5) is 17.6 Å². The summed E-state index contributed by atoms with van der Waals surface area (Å²) in [5.41, 5.74) is -2.13. The Morgan fingerprint density at radius 2 is 1.62 bits per heavy atom. The van der Waals surface area contributed by atoms with E-state index in [0.717, 1.165) is 0 Å². The predicted octanol–water partition coefficient (Wildman–Crippen LogP) is 1.02. The summed E-state index contributed by atoms with van der Waals surface area (Å²) in [4.78, 5) is 0. The standard InChI is InChI=1S/C7H10F4O2/c8-6(9)3-5(4-13,1-2-12)7(6,10)11/h12-13H,1-4H2. The van der Waals surface area contributed by atoms with Gasteiger partial charge in [-0.2, -0.15) is 17.6 Å². The van der Waals surface area contributed by atoms with Crippen molar-refractivity contribution in [2.45, 2.75) is 24.7 Å². The average Bonchev–Trinajstić information content (AvgIpc) is 2.02. The second-order valence-corrected chi connectivity index (χ2v) is 3.37. The minimum atomic E-state index is -4.21. The van der Waals surface area contributed by atoms with E-state index in [1.807, 2.05) is 0 Å². The van der Waals surface area contributed by atoms with Crippen molar-refractivity contribution in [3.05, 3.63) is 0 Å². The molecular formula is C7H10F4O2. The van der Waals surface area contributed by atoms with Gasteiger partial charge >= 0.3 is 11.8 Å². The minimum Gasteiger partial charge on any atom is -0.396 e. The highest BCUT2D eigenvalue weighted by atomic mass is 19.3. The Morgan fingerprint density at radius 1 is 1.08 bits per heavy atom. The minimum absolute atomic E-state index is 0.508. The van der Waals surface area contributed by atoms with Crippen LogP contribution in [-0.4, -0.2) is 35.3 Å². The molecule has 0 saturated heterocycles. The molecule has 2 nitrogen and oxygen atoms in total. The largest absolute Gasteiger partial charge is 0.396 e. The van der Waals surface area contributed by atoms with Gasteiger partial charge in [0.15, 0.2) is 0 Å². The van der Waals surface area contributed by atoms with Crippen molar-refractivity contribution in [3.63, 3.8) is 0 Å². The quantitative estimate of drug-likeness (QED) is 0.671. The van der Waals surface area contributed by atoms with Gasteiger partial charge in [-0.05, 0) is 6.42 Å². The Balaban J connectivity index is 2.84. The lowest BCUT2D eigenvalue weighted by Crippen LogP contribution is -2.68. The zero-order chi connectivity index (χ0) is 10.3. The van der Waals surface area contributed by atoms with E-state index < -0.39 is 43.3 Å². The van der Waals surface area contributed by atoms with E-state index in [1.54, 1.807) is 0 Å². The molecule has 0 amide bonds. The van der Waals surface area contributed by atoms with Crippen molar-refractivity contribution in [3.8, 4) is 0 Å². The molecule has 78 valence electrons. The van der Waals surface area contributed by atoms with E-state index in [0.29, 0.717) is 0 Å². The molecule has 13 heavy (non-hydrogen) atoms. The van der Waals surface area contributed by atoms with Crippen molar-refractivity contribution in [1.29, 1.82) is 0 Å². The van der Waals surface area contributed by atoms with E-state index in [1.165, 1.54) is 0 Å². The SMILES string of the molecule is OCCC1(CO)CC(F)(F)C1(F)F. The van der Waals surface area contributed by atoms with Gasteiger partial charge in [0, 0.05) is 13.0 Å². The molecule has 0 aromatic rings. The monoisotopic (exact) mass is 202 g/mol. The summed E-state index contributed by atoms with van der Waals surface area (Å²) < 4.78 is 50.4. The molecule has 0 bridgehead atoms. The first kappa shape index (κ1) is 10.7. The van der Waals surface area contributed by atoms with Crippen LogP contribution in [0.3, 0.4) is 0 Å². The van der Waals surface area contributed by atoms with Gasteiger partial charge in [0.2, 0.25) is 0 Å². The van der Waals surface area contributed by atoms with Gasteiger partial charge in [0.05, 0.1) is 12.0 Å². The summed E-state index contributed by atoms with van der Waals surface area (Å²) >= 11 is 0. The number of aliphatic hydroxyl groups is 2. The molecular weight excluding hydrogens is 192 g/mol. The van der Waals surface area contributed by atoms with Crippen LogP contribution in [0.25, 0.3) is 0 Å². The van der Waals surface area contributed by atoms with Crippen LogP contribution < -0.4 is 0 Å². The van der Waals surface area contributed by atoms with Gasteiger partial charge in [-0.25, -0.2) is 0 Å². The zero-order valence-corrected chi connectivity index (χ0v) is 6.73. The smallest absolute Gasteiger partial charge is 0.318 e. The van der Waals surface area contributed by atoms with Crippen LogP contribution in [0.1, 0.15) is 12.8 Å². The first-order chi connectivity index (χ1) is 5.83. The van der Waals surface area contributed by atoms with Crippen LogP contribution >= 0.6 is 0 Å². The van der Waals surface area contributed by atoms with Gasteiger partial charge in [-0.1, -0.05) is 0 Å². The fraction of sp³-hybridized carbons (Fsp3) is 1.00. The molecule has 1 aliphatic rings. The highest BCUT2D eigenvalue weighted by molar-refractivity contribution is 5.13. The van der Waals surface area contributed by atoms with Crippen LogP contribution in [0.5, 0.6) is 0 Å². The van der Waals surface area contributed by atoms with E-state index in [4.69, 9.17) is 10.2 Å². The second-order valence-electron chi connectivity index (χ2n) is 3.37. The van der Waals surface area contributed by atoms with Crippen molar-refractivity contribution >= 4 is 0 Å². The predicted molar refractivity (Wildman–Crippen MR) is 35.7 cm³/mol. The molecule has 1 fully saturated rings. The molecule has 1 saturated carbocycles. The Hall–Kier alpha value is -0.360. The van der Waals surface area contributed by atoms with Gasteiger partial charge < -0.3 is 10.2 Å². The van der Waals surface area contributed by atoms with Gasteiger partial charge in [0.1, 0.15) is 0 Å². The van der Waals surface area contributed by atoms with Crippen molar-refractivity contribution in [2.24, 2.45) is 5.41 Å². The van der Waals surface area contributed by atoms with Crippen LogP contribution in [0.2, 0.25) is 0 Å². The lowest BCUT2D eigenvalue weighted by molar-refractivity contribution is -0.367. The van der Waals surface area contributed by atoms with E-state index in [9.17, 15) is 17.6 Å². The normalized spacial score (nSPS) is 35.5. The molecule has 0 heterocycles. The van der Waals surface area contributed by atoms with Crippen LogP contribution in [-0.2, 0) is 0 Å². The van der Waals surface area contributed by atoms with E-state index in [2.05, 4.69) is 0 Å². The lowest BCUT2D eigenvalue weighted by Gasteiger charge is -2.52. The Bertz CT molecular complexity index is 207. The number of halogens is 4. The molecule has 1 rings (SSSR count). The summed E-state index contributed by atoms with van der Waals surface area (Å²) in [6.07, 6.45) is -1.57. The summed E-state index contributed by atoms with van der Waals surface area (Å²) in [7, 11) is 0. The van der Waals surface area contributed by atoms with E-state index >= 15 is 0 Å². The molecule has 0 spiro atoms. The molecule has 0 aromatic carbocycles. The Labute approximate surface area is 72.2 Å². The maximum absolute atomic E-state index is 12.8. The van der Waals surface area contributed by atoms with Crippen molar-refractivity contribution in [2.75, 3.05) is 13.2 Å². The average molecular weight is 202 g/mol. The van der Waals surface area contributed by atoms with Crippen LogP contribution in [0, 0.1) is 5.41 Å². The summed E-state index contributed by atoms with van der Waals surface area (Å²) in [5.74, 6) is -8.26. The fourth-order valence-corrected chi connectivity index (χ4v) is 1.62. The molecule has 0 aromatic heterocycles. The number of alkyl halides is 4. The molecule has 1 atom stereocenters. The topological polar surface area (TPSA) is 40.5 Å². The number of hydrogen-bond donors (Lipinski definition) is 2. The number of aliphatic hydroxyl groups excluding tert-OH is 2. The molecule has 1 unspecified atom stereocenters. The molecule has 0 radical (unpaired) electrons. The third-order valence-corrected chi connectivity index (χ3v) is 2.58. The fourth-order valence-electron chi connectivity index (χ4n) is 1.62. The third kappa shape index (κ3) is 1.15. The van der Waals surface area contributed by atoms with Crippen molar-refractivity contribution in [1.82, 2.24) is 0 Å². The number of hydrogen-bond acceptors (Lipinski definition) is 2. The molecule has 0 aliphatic heterocycles. The van der Waals surface area contributed by atoms with Gasteiger partial charge in [-0.15, -0.1) is 0 Å². The second kappa shape index (κ2) is 2.81. The first-order valence-electron chi connectivity index (χ1n) is 3.80. The van der Waals surface area contributed by atoms with Crippen molar-refractivity contribution < 1.29 is 27.8 Å². The number of rotatable bonds is 3. The lowest BCUT2D eigenvalue weighted by atomic mass is 9.61. The third-order valence-electron chi connectivity index (χ3n) is 2.58. The summed E-state index contributed by atoms with van der Waals surface area (Å²) in [6.45, 7) is -1.66. The highest BCUT2D eigenvalue weighted by Crippen LogP contribution is 2.64. The molecule has 6 heteroatoms. The summed E-state index contributed by atoms with van der Waals surface area (Å²) in [5, 5.41) is 17.0. The molecule has 1 aliphatic carbocycles. The Kier molecular flexibility index (Phi) is 2.32. The van der Waals surface area contributed by atoms with Gasteiger partial charge in [0.25, 0.3) is 0 Å². The highest BCUT2D eigenvalue weighted by Gasteiger charge is 2.79. The Morgan fingerprint density at radius 3 is 1.85 bits per heavy atom. The maximum Gasteiger partial charge on any atom is 0.318 e. The zero-order valence-electron chi connectivity index (χ0n) is 6.73. The van der Waals surface area contributed by atoms with Gasteiger partial charge in [-0.3, -0.25) is 0 Å². The van der Waals surface area contributed by atoms with E-state index in [-0.39, 0.29) is 0 Å². The maximum atomic E-state index is 12.8. The molecule has 2 N–H and O–H groups in total. The van der Waals surface area contributed by atoms with Crippen LogP contribution in [0.15, 0.2) is 0 Å². The summed E-state index contributed by atoms with van der Waals surface area (Å²) in [6, 6.07) is 0. The first-order valence-corrected chi connectivity index (χ1v) is 3.80.